The van der Waals surface area contributed by atoms with Gasteiger partial charge in [0.1, 0.15) is 10.9 Å². The van der Waals surface area contributed by atoms with Crippen LogP contribution >= 0.6 is 11.8 Å². The molecule has 4 rings (SSSR count). The first-order valence-electron chi connectivity index (χ1n) is 8.89. The summed E-state index contributed by atoms with van der Waals surface area (Å²) in [5, 5.41) is 17.1. The van der Waals surface area contributed by atoms with Crippen LogP contribution in [-0.4, -0.2) is 36.9 Å². The summed E-state index contributed by atoms with van der Waals surface area (Å²) in [6, 6.07) is 11.6. The third kappa shape index (κ3) is 3.51. The Morgan fingerprint density at radius 2 is 2.18 bits per heavy atom. The Kier molecular flexibility index (Phi) is 4.65. The molecule has 2 N–H and O–H groups in total. The standard InChI is InChI=1S/C19H18N6O2S/c1-19(11-20,12-7-8-12)24-15(26)10-28-18-22-16-14(17(27)23-18)9-21-25(16)13-5-3-2-4-6-13/h2-6,9,12H,7-8,10H2,1H3,(H,24,26)(H,22,23,27)/t19-/m1/s1. The van der Waals surface area contributed by atoms with Crippen molar-refractivity contribution < 1.29 is 4.79 Å². The first-order valence-corrected chi connectivity index (χ1v) is 9.87. The van der Waals surface area contributed by atoms with Gasteiger partial charge in [0.05, 0.1) is 23.7 Å². The minimum Gasteiger partial charge on any atom is -0.337 e. The highest BCUT2D eigenvalue weighted by Crippen LogP contribution is 2.39. The van der Waals surface area contributed by atoms with Gasteiger partial charge >= 0.3 is 0 Å². The molecule has 0 spiro atoms. The second-order valence-electron chi connectivity index (χ2n) is 6.93. The van der Waals surface area contributed by atoms with Gasteiger partial charge in [0.25, 0.3) is 5.56 Å². The zero-order valence-corrected chi connectivity index (χ0v) is 16.0. The highest BCUT2D eigenvalue weighted by molar-refractivity contribution is 7.99. The van der Waals surface area contributed by atoms with Crippen molar-refractivity contribution in [3.63, 3.8) is 0 Å². The molecule has 1 aromatic carbocycles. The average molecular weight is 394 g/mol. The van der Waals surface area contributed by atoms with Crippen molar-refractivity contribution in [2.45, 2.75) is 30.5 Å². The zero-order chi connectivity index (χ0) is 19.7. The third-order valence-electron chi connectivity index (χ3n) is 4.78. The molecule has 0 radical (unpaired) electrons. The van der Waals surface area contributed by atoms with Crippen molar-refractivity contribution in [2.24, 2.45) is 5.92 Å². The number of aromatic nitrogens is 4. The molecular weight excluding hydrogens is 376 g/mol. The topological polar surface area (TPSA) is 116 Å². The van der Waals surface area contributed by atoms with Crippen LogP contribution in [0, 0.1) is 17.2 Å². The predicted molar refractivity (Wildman–Crippen MR) is 105 cm³/mol. The molecule has 1 saturated carbocycles. The van der Waals surface area contributed by atoms with Gasteiger partial charge in [0, 0.05) is 0 Å². The maximum Gasteiger partial charge on any atom is 0.262 e. The van der Waals surface area contributed by atoms with Gasteiger partial charge in [-0.05, 0) is 37.8 Å². The van der Waals surface area contributed by atoms with E-state index in [0.717, 1.165) is 30.3 Å². The number of nitrogens with one attached hydrogen (secondary N) is 2. The molecule has 0 aliphatic heterocycles. The summed E-state index contributed by atoms with van der Waals surface area (Å²) in [6.45, 7) is 1.75. The fourth-order valence-corrected chi connectivity index (χ4v) is 3.72. The Labute approximate surface area is 165 Å². The number of carbonyl (C=O) groups is 1. The van der Waals surface area contributed by atoms with Crippen LogP contribution in [0.15, 0.2) is 46.5 Å². The number of H-pyrrole nitrogens is 1. The summed E-state index contributed by atoms with van der Waals surface area (Å²) >= 11 is 1.12. The number of carbonyl (C=O) groups excluding carboxylic acids is 1. The van der Waals surface area contributed by atoms with Crippen molar-refractivity contribution in [1.29, 1.82) is 5.26 Å². The molecule has 0 unspecified atom stereocenters. The summed E-state index contributed by atoms with van der Waals surface area (Å²) in [4.78, 5) is 31.8. The van der Waals surface area contributed by atoms with Gasteiger partial charge in [0.15, 0.2) is 10.8 Å². The van der Waals surface area contributed by atoms with Crippen LogP contribution in [0.4, 0.5) is 0 Å². The summed E-state index contributed by atoms with van der Waals surface area (Å²) in [7, 11) is 0. The fourth-order valence-electron chi connectivity index (χ4n) is 3.07. The van der Waals surface area contributed by atoms with Gasteiger partial charge in [-0.1, -0.05) is 30.0 Å². The van der Waals surface area contributed by atoms with E-state index < -0.39 is 5.54 Å². The van der Waals surface area contributed by atoms with E-state index in [1.54, 1.807) is 11.6 Å². The Morgan fingerprint density at radius 1 is 1.43 bits per heavy atom. The number of amides is 1. The van der Waals surface area contributed by atoms with E-state index in [9.17, 15) is 14.9 Å². The summed E-state index contributed by atoms with van der Waals surface area (Å²) in [5.74, 6) is -0.000944. The second kappa shape index (κ2) is 7.13. The Morgan fingerprint density at radius 3 is 2.86 bits per heavy atom. The molecule has 2 aromatic heterocycles. The van der Waals surface area contributed by atoms with Crippen LogP contribution in [0.3, 0.4) is 0 Å². The monoisotopic (exact) mass is 394 g/mol. The summed E-state index contributed by atoms with van der Waals surface area (Å²) < 4.78 is 1.59. The van der Waals surface area contributed by atoms with E-state index in [1.807, 2.05) is 30.3 Å². The number of rotatable bonds is 6. The predicted octanol–water partition coefficient (Wildman–Crippen LogP) is 2.01. The molecule has 1 fully saturated rings. The van der Waals surface area contributed by atoms with Crippen molar-refractivity contribution in [3.05, 3.63) is 46.9 Å². The Bertz CT molecular complexity index is 1130. The largest absolute Gasteiger partial charge is 0.337 e. The average Bonchev–Trinajstić information content (AvgIpc) is 3.47. The molecule has 1 atom stereocenters. The van der Waals surface area contributed by atoms with Gasteiger partial charge in [-0.25, -0.2) is 9.67 Å². The number of para-hydroxylation sites is 1. The second-order valence-corrected chi connectivity index (χ2v) is 7.89. The first-order chi connectivity index (χ1) is 13.5. The van der Waals surface area contributed by atoms with Crippen LogP contribution in [0.1, 0.15) is 19.8 Å². The summed E-state index contributed by atoms with van der Waals surface area (Å²) in [5.41, 5.74) is 0.0695. The zero-order valence-electron chi connectivity index (χ0n) is 15.2. The van der Waals surface area contributed by atoms with Gasteiger partial charge in [-0.3, -0.25) is 9.59 Å². The lowest BCUT2D eigenvalue weighted by Crippen LogP contribution is -2.47. The molecule has 0 bridgehead atoms. The number of nitriles is 1. The number of hydrogen-bond donors (Lipinski definition) is 2. The number of thioether (sulfide) groups is 1. The molecule has 1 amide bonds. The van der Waals surface area contributed by atoms with E-state index in [0.29, 0.717) is 16.2 Å². The number of fused-ring (bicyclic) bond motifs is 1. The molecule has 28 heavy (non-hydrogen) atoms. The number of benzene rings is 1. The number of hydrogen-bond acceptors (Lipinski definition) is 6. The van der Waals surface area contributed by atoms with Crippen molar-refractivity contribution in [1.82, 2.24) is 25.1 Å². The minimum absolute atomic E-state index is 0.0535. The molecule has 3 aromatic rings. The maximum atomic E-state index is 12.4. The molecular formula is C19H18N6O2S. The third-order valence-corrected chi connectivity index (χ3v) is 5.66. The molecule has 8 nitrogen and oxygen atoms in total. The normalized spacial score (nSPS) is 15.7. The van der Waals surface area contributed by atoms with Gasteiger partial charge in [0.2, 0.25) is 5.91 Å². The highest BCUT2D eigenvalue weighted by atomic mass is 32.2. The molecule has 1 aliphatic carbocycles. The quantitative estimate of drug-likeness (QED) is 0.488. The van der Waals surface area contributed by atoms with Gasteiger partial charge < -0.3 is 10.3 Å². The lowest BCUT2D eigenvalue weighted by molar-refractivity contribution is -0.119. The van der Waals surface area contributed by atoms with E-state index in [-0.39, 0.29) is 23.1 Å². The molecule has 0 saturated heterocycles. The molecule has 9 heteroatoms. The van der Waals surface area contributed by atoms with Crippen LogP contribution in [-0.2, 0) is 4.79 Å². The highest BCUT2D eigenvalue weighted by Gasteiger charge is 2.42. The van der Waals surface area contributed by atoms with E-state index >= 15 is 0 Å². The smallest absolute Gasteiger partial charge is 0.262 e. The lowest BCUT2D eigenvalue weighted by atomic mass is 9.98. The minimum atomic E-state index is -0.839. The molecule has 1 aliphatic rings. The first kappa shape index (κ1) is 18.3. The SMILES string of the molecule is C[C@](C#N)(NC(=O)CSc1nc2c(cnn2-c2ccccc2)c(=O)[nH]1)C1CC1. The van der Waals surface area contributed by atoms with E-state index in [4.69, 9.17) is 0 Å². The fraction of sp³-hybridized carbons (Fsp3) is 0.316. The van der Waals surface area contributed by atoms with Crippen molar-refractivity contribution in [3.8, 4) is 11.8 Å². The summed E-state index contributed by atoms with van der Waals surface area (Å²) in [6.07, 6.45) is 3.38. The van der Waals surface area contributed by atoms with Crippen molar-refractivity contribution in [2.75, 3.05) is 5.75 Å². The van der Waals surface area contributed by atoms with E-state index in [1.165, 1.54) is 6.20 Å². The Hall–Kier alpha value is -3.12. The van der Waals surface area contributed by atoms with Crippen LogP contribution in [0.5, 0.6) is 0 Å². The van der Waals surface area contributed by atoms with Crippen molar-refractivity contribution >= 4 is 28.7 Å². The number of aromatic amines is 1. The van der Waals surface area contributed by atoms with Gasteiger partial charge in [-0.15, -0.1) is 0 Å². The van der Waals surface area contributed by atoms with E-state index in [2.05, 4.69) is 26.5 Å². The maximum absolute atomic E-state index is 12.4. The molecule has 2 heterocycles. The Balaban J connectivity index is 1.54. The van der Waals surface area contributed by atoms with Crippen LogP contribution in [0.25, 0.3) is 16.7 Å². The lowest BCUT2D eigenvalue weighted by Gasteiger charge is -2.22. The van der Waals surface area contributed by atoms with Crippen LogP contribution < -0.4 is 10.9 Å². The molecule has 142 valence electrons. The number of nitrogens with zero attached hydrogens (tertiary/aromatic N) is 4. The van der Waals surface area contributed by atoms with Gasteiger partial charge in [-0.2, -0.15) is 10.4 Å². The van der Waals surface area contributed by atoms with Crippen LogP contribution in [0.2, 0.25) is 0 Å².